The van der Waals surface area contributed by atoms with Crippen molar-refractivity contribution in [1.82, 2.24) is 35.2 Å². The standard InChI is InChI=1S/C31H30F2N10O3/c1-35-31(45)27-25(10-26(40-41-27)39-30(44)17-6-7-17)38-24-5-3-4-23(28(24)46-2)19-12-36-43(13-19)22-15-42(16-22)14-21-9-18(29(32)33)8-20(11-34)37-21/h3-5,8-10,12-13,17,22,29H,6-7,14-16H2,1-2H3,(H,35,45)(H2,38,39,40,44). The fourth-order valence-electron chi connectivity index (χ4n) is 5.26. The first kappa shape index (κ1) is 30.5. The summed E-state index contributed by atoms with van der Waals surface area (Å²) in [5.74, 6) is 0.103. The molecule has 0 spiro atoms. The van der Waals surface area contributed by atoms with Gasteiger partial charge in [-0.05, 0) is 31.0 Å². The molecule has 6 rings (SSSR count). The molecule has 1 aliphatic carbocycles. The summed E-state index contributed by atoms with van der Waals surface area (Å²) in [7, 11) is 3.03. The first-order valence-corrected chi connectivity index (χ1v) is 14.6. The number of amides is 2. The number of methoxy groups -OCH3 is 1. The quantitative estimate of drug-likeness (QED) is 0.221. The van der Waals surface area contributed by atoms with Crippen molar-refractivity contribution >= 4 is 29.0 Å². The molecule has 15 heteroatoms. The second-order valence-electron chi connectivity index (χ2n) is 11.1. The zero-order chi connectivity index (χ0) is 32.4. The zero-order valence-electron chi connectivity index (χ0n) is 25.0. The molecule has 0 bridgehead atoms. The number of para-hydroxylation sites is 1. The van der Waals surface area contributed by atoms with E-state index < -0.39 is 12.3 Å². The van der Waals surface area contributed by atoms with Crippen LogP contribution in [0.4, 0.5) is 26.0 Å². The number of hydrogen-bond donors (Lipinski definition) is 3. The number of ether oxygens (including phenoxy) is 1. The van der Waals surface area contributed by atoms with Gasteiger partial charge in [-0.2, -0.15) is 10.4 Å². The SMILES string of the molecule is CNC(=O)c1nnc(NC(=O)C2CC2)cc1Nc1cccc(-c2cnn(C3CN(Cc4cc(C(F)F)cc(C#N)n4)C3)c2)c1OC. The highest BCUT2D eigenvalue weighted by Crippen LogP contribution is 2.39. The smallest absolute Gasteiger partial charge is 0.273 e. The van der Waals surface area contributed by atoms with Crippen LogP contribution in [-0.4, -0.2) is 68.9 Å². The summed E-state index contributed by atoms with van der Waals surface area (Å²) in [6.07, 6.45) is 2.62. The topological polar surface area (TPSA) is 163 Å². The van der Waals surface area contributed by atoms with Gasteiger partial charge in [0.05, 0.1) is 36.4 Å². The maximum absolute atomic E-state index is 13.2. The molecule has 1 saturated carbocycles. The summed E-state index contributed by atoms with van der Waals surface area (Å²) < 4.78 is 34.1. The van der Waals surface area contributed by atoms with Crippen molar-refractivity contribution in [1.29, 1.82) is 5.26 Å². The average molecular weight is 629 g/mol. The highest BCUT2D eigenvalue weighted by atomic mass is 19.3. The number of likely N-dealkylation sites (tertiary alicyclic amines) is 1. The van der Waals surface area contributed by atoms with Crippen molar-refractivity contribution in [2.75, 3.05) is 37.9 Å². The van der Waals surface area contributed by atoms with E-state index in [1.807, 2.05) is 34.0 Å². The van der Waals surface area contributed by atoms with Gasteiger partial charge in [0.15, 0.2) is 11.5 Å². The van der Waals surface area contributed by atoms with E-state index in [0.717, 1.165) is 30.0 Å². The number of aromatic nitrogens is 5. The van der Waals surface area contributed by atoms with E-state index >= 15 is 0 Å². The van der Waals surface area contributed by atoms with E-state index in [1.54, 1.807) is 25.4 Å². The Bertz CT molecular complexity index is 1830. The predicted molar refractivity (Wildman–Crippen MR) is 162 cm³/mol. The van der Waals surface area contributed by atoms with E-state index in [-0.39, 0.29) is 40.6 Å². The molecule has 3 aromatic heterocycles. The Morgan fingerprint density at radius 2 is 1.96 bits per heavy atom. The van der Waals surface area contributed by atoms with Crippen LogP contribution in [0.3, 0.4) is 0 Å². The number of nitrogens with zero attached hydrogens (tertiary/aromatic N) is 7. The van der Waals surface area contributed by atoms with Crippen molar-refractivity contribution < 1.29 is 23.1 Å². The van der Waals surface area contributed by atoms with E-state index in [4.69, 9.17) is 10.00 Å². The minimum absolute atomic E-state index is 0.0295. The summed E-state index contributed by atoms with van der Waals surface area (Å²) >= 11 is 0. The zero-order valence-corrected chi connectivity index (χ0v) is 25.0. The third kappa shape index (κ3) is 6.47. The lowest BCUT2D eigenvalue weighted by Crippen LogP contribution is -2.47. The summed E-state index contributed by atoms with van der Waals surface area (Å²) in [6.45, 7) is 1.59. The van der Waals surface area contributed by atoms with Gasteiger partial charge in [0.2, 0.25) is 5.91 Å². The van der Waals surface area contributed by atoms with Crippen molar-refractivity contribution in [3.8, 4) is 22.9 Å². The maximum Gasteiger partial charge on any atom is 0.273 e. The highest BCUT2D eigenvalue weighted by Gasteiger charge is 2.31. The number of halogens is 2. The lowest BCUT2D eigenvalue weighted by molar-refractivity contribution is -0.117. The molecule has 4 heterocycles. The Kier molecular flexibility index (Phi) is 8.53. The van der Waals surface area contributed by atoms with E-state index in [2.05, 4.69) is 36.2 Å². The van der Waals surface area contributed by atoms with Gasteiger partial charge in [-0.3, -0.25) is 19.2 Å². The summed E-state index contributed by atoms with van der Waals surface area (Å²) in [5, 5.41) is 30.3. The van der Waals surface area contributed by atoms with Crippen LogP contribution in [0.5, 0.6) is 5.75 Å². The van der Waals surface area contributed by atoms with Gasteiger partial charge >= 0.3 is 0 Å². The average Bonchev–Trinajstić information content (AvgIpc) is 3.79. The van der Waals surface area contributed by atoms with Crippen LogP contribution in [0.1, 0.15) is 52.7 Å². The van der Waals surface area contributed by atoms with Crippen LogP contribution in [0.25, 0.3) is 11.1 Å². The second kappa shape index (κ2) is 12.9. The molecule has 1 aliphatic heterocycles. The minimum atomic E-state index is -2.68. The fourth-order valence-corrected chi connectivity index (χ4v) is 5.26. The number of carbonyl (C=O) groups is 2. The summed E-state index contributed by atoms with van der Waals surface area (Å²) in [5.41, 5.74) is 2.64. The van der Waals surface area contributed by atoms with Crippen molar-refractivity contribution in [2.45, 2.75) is 31.9 Å². The number of benzene rings is 1. The van der Waals surface area contributed by atoms with Gasteiger partial charge in [-0.25, -0.2) is 13.8 Å². The Morgan fingerprint density at radius 3 is 2.65 bits per heavy atom. The van der Waals surface area contributed by atoms with Gasteiger partial charge in [0.1, 0.15) is 17.5 Å². The Morgan fingerprint density at radius 1 is 1.15 bits per heavy atom. The number of pyridine rings is 1. The van der Waals surface area contributed by atoms with Crippen LogP contribution in [0, 0.1) is 17.2 Å². The van der Waals surface area contributed by atoms with Crippen LogP contribution in [-0.2, 0) is 11.3 Å². The molecule has 0 radical (unpaired) electrons. The molecule has 0 unspecified atom stereocenters. The third-order valence-corrected chi connectivity index (χ3v) is 7.80. The van der Waals surface area contributed by atoms with Crippen LogP contribution in [0.2, 0.25) is 0 Å². The lowest BCUT2D eigenvalue weighted by atomic mass is 10.1. The molecule has 1 aromatic carbocycles. The van der Waals surface area contributed by atoms with E-state index in [0.29, 0.717) is 42.5 Å². The molecule has 3 N–H and O–H groups in total. The van der Waals surface area contributed by atoms with E-state index in [1.165, 1.54) is 13.1 Å². The maximum atomic E-state index is 13.2. The normalized spacial score (nSPS) is 14.8. The number of rotatable bonds is 11. The van der Waals surface area contributed by atoms with Crippen LogP contribution in [0.15, 0.2) is 48.8 Å². The summed E-state index contributed by atoms with van der Waals surface area (Å²) in [4.78, 5) is 31.1. The van der Waals surface area contributed by atoms with Gasteiger partial charge in [0.25, 0.3) is 12.3 Å². The third-order valence-electron chi connectivity index (χ3n) is 7.80. The van der Waals surface area contributed by atoms with Crippen molar-refractivity contribution in [2.24, 2.45) is 5.92 Å². The van der Waals surface area contributed by atoms with Crippen molar-refractivity contribution in [3.05, 3.63) is 71.4 Å². The van der Waals surface area contributed by atoms with Crippen LogP contribution < -0.4 is 20.7 Å². The van der Waals surface area contributed by atoms with Gasteiger partial charge < -0.3 is 20.7 Å². The molecular formula is C31H30F2N10O3. The number of alkyl halides is 2. The molecule has 4 aromatic rings. The van der Waals surface area contributed by atoms with Gasteiger partial charge in [0, 0.05) is 61.6 Å². The number of hydrogen-bond acceptors (Lipinski definition) is 10. The van der Waals surface area contributed by atoms with Crippen LogP contribution >= 0.6 is 0 Å². The Hall–Kier alpha value is -5.49. The second-order valence-corrected chi connectivity index (χ2v) is 11.1. The molecular weight excluding hydrogens is 598 g/mol. The molecule has 2 fully saturated rings. The lowest BCUT2D eigenvalue weighted by Gasteiger charge is -2.39. The number of nitrogens with one attached hydrogen (secondary N) is 3. The molecule has 0 atom stereocenters. The number of anilines is 3. The molecule has 236 valence electrons. The molecule has 13 nitrogen and oxygen atoms in total. The number of carbonyl (C=O) groups excluding carboxylic acids is 2. The molecule has 46 heavy (non-hydrogen) atoms. The minimum Gasteiger partial charge on any atom is -0.494 e. The monoisotopic (exact) mass is 628 g/mol. The first-order valence-electron chi connectivity index (χ1n) is 14.6. The first-order chi connectivity index (χ1) is 22.3. The Balaban J connectivity index is 1.18. The predicted octanol–water partition coefficient (Wildman–Crippen LogP) is 4.06. The van der Waals surface area contributed by atoms with Gasteiger partial charge in [-0.15, -0.1) is 10.2 Å². The molecule has 2 amide bonds. The largest absolute Gasteiger partial charge is 0.494 e. The van der Waals surface area contributed by atoms with Gasteiger partial charge in [-0.1, -0.05) is 12.1 Å². The highest BCUT2D eigenvalue weighted by molar-refractivity contribution is 6.00. The van der Waals surface area contributed by atoms with Crippen molar-refractivity contribution in [3.63, 3.8) is 0 Å². The molecule has 1 saturated heterocycles. The van der Waals surface area contributed by atoms with E-state index in [9.17, 15) is 18.4 Å². The molecule has 2 aliphatic rings. The Labute approximate surface area is 262 Å². The fraction of sp³-hybridized carbons (Fsp3) is 0.323. The number of nitriles is 1. The summed E-state index contributed by atoms with van der Waals surface area (Å²) in [6, 6.07) is 11.4.